The largest absolute Gasteiger partial charge is 0.253 e. The maximum Gasteiger partial charge on any atom is 0.164 e. The van der Waals surface area contributed by atoms with Gasteiger partial charge in [-0.3, -0.25) is 4.98 Å². The number of benzene rings is 7. The van der Waals surface area contributed by atoms with Crippen LogP contribution in [0.5, 0.6) is 0 Å². The molecular weight excluding hydrogens is 771 g/mol. The second-order valence-corrected chi connectivity index (χ2v) is 15.5. The van der Waals surface area contributed by atoms with Crippen molar-refractivity contribution in [1.82, 2.24) is 34.9 Å². The van der Waals surface area contributed by atoms with Crippen LogP contribution in [0.15, 0.2) is 194 Å². The number of pyridine rings is 1. The minimum absolute atomic E-state index is 0.598. The monoisotopic (exact) mass is 811 g/mol. The van der Waals surface area contributed by atoms with Crippen LogP contribution >= 0.6 is 0 Å². The third kappa shape index (κ3) is 8.03. The smallest absolute Gasteiger partial charge is 0.164 e. The lowest BCUT2D eigenvalue weighted by molar-refractivity contribution is 1.07. The maximum absolute atomic E-state index is 5.11. The highest BCUT2D eigenvalue weighted by Gasteiger charge is 2.20. The second-order valence-electron chi connectivity index (χ2n) is 15.5. The molecular formula is C56H41N7. The molecule has 63 heavy (non-hydrogen) atoms. The summed E-state index contributed by atoms with van der Waals surface area (Å²) in [6, 6.07) is 66.1. The highest BCUT2D eigenvalue weighted by molar-refractivity contribution is 5.94. The lowest BCUT2D eigenvalue weighted by atomic mass is 9.88. The Kier molecular flexibility index (Phi) is 10.5. The molecule has 0 saturated carbocycles. The van der Waals surface area contributed by atoms with Crippen molar-refractivity contribution >= 4 is 0 Å². The van der Waals surface area contributed by atoms with Gasteiger partial charge in [0.25, 0.3) is 0 Å². The van der Waals surface area contributed by atoms with Gasteiger partial charge in [-0.15, -0.1) is 0 Å². The van der Waals surface area contributed by atoms with Crippen molar-refractivity contribution in [2.24, 2.45) is 0 Å². The van der Waals surface area contributed by atoms with Crippen LogP contribution in [0.3, 0.4) is 0 Å². The van der Waals surface area contributed by atoms with Gasteiger partial charge < -0.3 is 0 Å². The van der Waals surface area contributed by atoms with Gasteiger partial charge in [0.15, 0.2) is 34.9 Å². The van der Waals surface area contributed by atoms with Gasteiger partial charge in [-0.05, 0) is 78.4 Å². The van der Waals surface area contributed by atoms with Crippen LogP contribution in [0, 0.1) is 20.8 Å². The Balaban J connectivity index is 1.12. The molecule has 0 bridgehead atoms. The maximum atomic E-state index is 5.11. The van der Waals surface area contributed by atoms with E-state index in [0.717, 1.165) is 83.7 Å². The zero-order valence-corrected chi connectivity index (χ0v) is 35.1. The molecule has 300 valence electrons. The normalized spacial score (nSPS) is 11.1. The van der Waals surface area contributed by atoms with E-state index in [1.807, 2.05) is 97.9 Å². The fourth-order valence-corrected chi connectivity index (χ4v) is 7.97. The Bertz CT molecular complexity index is 3080. The van der Waals surface area contributed by atoms with Gasteiger partial charge >= 0.3 is 0 Å². The van der Waals surface area contributed by atoms with E-state index in [2.05, 4.69) is 117 Å². The Hall–Kier alpha value is -8.29. The zero-order valence-electron chi connectivity index (χ0n) is 35.1. The van der Waals surface area contributed by atoms with Crippen LogP contribution in [0.4, 0.5) is 0 Å². The number of nitrogens with zero attached hydrogens (tertiary/aromatic N) is 7. The van der Waals surface area contributed by atoms with E-state index in [0.29, 0.717) is 34.9 Å². The van der Waals surface area contributed by atoms with E-state index < -0.39 is 0 Å². The van der Waals surface area contributed by atoms with Gasteiger partial charge in [-0.25, -0.2) is 29.9 Å². The molecule has 0 atom stereocenters. The summed E-state index contributed by atoms with van der Waals surface area (Å²) in [5.41, 5.74) is 14.6. The van der Waals surface area contributed by atoms with Crippen LogP contribution in [0.25, 0.3) is 102 Å². The van der Waals surface area contributed by atoms with Gasteiger partial charge in [-0.2, -0.15) is 0 Å². The fraction of sp³-hybridized carbons (Fsp3) is 0.0536. The van der Waals surface area contributed by atoms with Gasteiger partial charge in [0.2, 0.25) is 0 Å². The first-order chi connectivity index (χ1) is 30.9. The number of hydrogen-bond donors (Lipinski definition) is 0. The number of hydrogen-bond acceptors (Lipinski definition) is 7. The minimum Gasteiger partial charge on any atom is -0.253 e. The van der Waals surface area contributed by atoms with E-state index in [1.165, 1.54) is 0 Å². The number of aromatic nitrogens is 7. The average Bonchev–Trinajstić information content (AvgIpc) is 3.34. The summed E-state index contributed by atoms with van der Waals surface area (Å²) >= 11 is 0. The van der Waals surface area contributed by atoms with Crippen LogP contribution in [-0.2, 0) is 0 Å². The molecule has 10 aromatic rings. The first-order valence-corrected chi connectivity index (χ1v) is 21.0. The topological polar surface area (TPSA) is 90.2 Å². The predicted octanol–water partition coefficient (Wildman–Crippen LogP) is 13.4. The van der Waals surface area contributed by atoms with Gasteiger partial charge in [-0.1, -0.05) is 170 Å². The third-order valence-electron chi connectivity index (χ3n) is 11.2. The summed E-state index contributed by atoms with van der Waals surface area (Å²) in [6.07, 6.45) is 0. The molecule has 7 nitrogen and oxygen atoms in total. The molecule has 7 heteroatoms. The highest BCUT2D eigenvalue weighted by atomic mass is 15.0. The van der Waals surface area contributed by atoms with Crippen molar-refractivity contribution in [3.63, 3.8) is 0 Å². The summed E-state index contributed by atoms with van der Waals surface area (Å²) < 4.78 is 0. The van der Waals surface area contributed by atoms with E-state index >= 15 is 0 Å². The molecule has 0 amide bonds. The molecule has 3 aromatic heterocycles. The Morgan fingerprint density at radius 1 is 0.254 bits per heavy atom. The first-order valence-electron chi connectivity index (χ1n) is 21.0. The lowest BCUT2D eigenvalue weighted by Crippen LogP contribution is -2.01. The molecule has 0 fully saturated rings. The zero-order chi connectivity index (χ0) is 42.7. The summed E-state index contributed by atoms with van der Waals surface area (Å²) in [5.74, 6) is 3.70. The van der Waals surface area contributed by atoms with Crippen LogP contribution < -0.4 is 0 Å². The number of rotatable bonds is 9. The third-order valence-corrected chi connectivity index (χ3v) is 11.2. The Morgan fingerprint density at radius 2 is 0.603 bits per heavy atom. The Labute approximate surface area is 367 Å². The van der Waals surface area contributed by atoms with Gasteiger partial charge in [0.1, 0.15) is 0 Å². The molecule has 10 rings (SSSR count). The minimum atomic E-state index is 0.598. The lowest BCUT2D eigenvalue weighted by Gasteiger charge is -2.17. The molecule has 0 aliphatic heterocycles. The SMILES string of the molecule is Cc1cccc(-c2c(-c3cccc(-c4nc(-c5ccccc5)nc(-c5ccccc5C)n4)c3)cccc2-c2cccc(-c3nc(-c4ccccc4)nc(-c4ccccc4C)n3)c2)n1. The first kappa shape index (κ1) is 38.9. The van der Waals surface area contributed by atoms with Gasteiger partial charge in [0, 0.05) is 44.6 Å². The van der Waals surface area contributed by atoms with Crippen LogP contribution in [-0.4, -0.2) is 34.9 Å². The van der Waals surface area contributed by atoms with Crippen molar-refractivity contribution in [1.29, 1.82) is 0 Å². The molecule has 0 spiro atoms. The van der Waals surface area contributed by atoms with Crippen LogP contribution in [0.2, 0.25) is 0 Å². The number of aryl methyl sites for hydroxylation is 3. The molecule has 7 aromatic carbocycles. The molecule has 0 saturated heterocycles. The standard InChI is InChI=1S/C56H41N7/c1-36-18-10-12-29-45(36)55-60-51(39-21-6-4-7-22-39)58-53(62-55)43-27-15-25-41(34-43)47-31-17-32-48(50(47)49-33-14-20-38(3)57-49)42-26-16-28-44(35-42)54-59-52(40-23-8-5-9-24-40)61-56(63-54)46-30-13-11-19-37(46)2/h4-35H,1-3H3. The van der Waals surface area contributed by atoms with Crippen LogP contribution in [0.1, 0.15) is 16.8 Å². The summed E-state index contributed by atoms with van der Waals surface area (Å²) in [6.45, 7) is 6.20. The van der Waals surface area contributed by atoms with E-state index in [9.17, 15) is 0 Å². The second kappa shape index (κ2) is 17.0. The van der Waals surface area contributed by atoms with Crippen molar-refractivity contribution in [2.75, 3.05) is 0 Å². The van der Waals surface area contributed by atoms with E-state index in [-0.39, 0.29) is 0 Å². The van der Waals surface area contributed by atoms with E-state index in [1.54, 1.807) is 0 Å². The average molecular weight is 812 g/mol. The molecule has 3 heterocycles. The van der Waals surface area contributed by atoms with Crippen molar-refractivity contribution in [3.05, 3.63) is 211 Å². The van der Waals surface area contributed by atoms with Gasteiger partial charge in [0.05, 0.1) is 5.69 Å². The van der Waals surface area contributed by atoms with E-state index in [4.69, 9.17) is 34.9 Å². The Morgan fingerprint density at radius 3 is 1.06 bits per heavy atom. The molecule has 0 N–H and O–H groups in total. The van der Waals surface area contributed by atoms with Crippen molar-refractivity contribution in [2.45, 2.75) is 20.8 Å². The molecule has 0 unspecified atom stereocenters. The molecule has 0 aliphatic rings. The van der Waals surface area contributed by atoms with Crippen molar-refractivity contribution in [3.8, 4) is 102 Å². The fourth-order valence-electron chi connectivity index (χ4n) is 7.97. The summed E-state index contributed by atoms with van der Waals surface area (Å²) in [4.78, 5) is 35.4. The predicted molar refractivity (Wildman–Crippen MR) is 254 cm³/mol. The molecule has 0 radical (unpaired) electrons. The van der Waals surface area contributed by atoms with Crippen molar-refractivity contribution < 1.29 is 0 Å². The molecule has 0 aliphatic carbocycles. The summed E-state index contributed by atoms with van der Waals surface area (Å²) in [7, 11) is 0. The summed E-state index contributed by atoms with van der Waals surface area (Å²) in [5, 5.41) is 0. The highest BCUT2D eigenvalue weighted by Crippen LogP contribution is 2.41. The quantitative estimate of drug-likeness (QED) is 0.143.